The molecule has 1 aromatic rings. The third-order valence-electron chi connectivity index (χ3n) is 2.77. The first-order valence-corrected chi connectivity index (χ1v) is 7.88. The summed E-state index contributed by atoms with van der Waals surface area (Å²) in [6, 6.07) is 1.91. The minimum atomic E-state index is 0.00920. The SMILES string of the molecule is Cc1cc(N)nc(SCC(=O)NC(C)CCC(C)C)n1. The van der Waals surface area contributed by atoms with Crippen LogP contribution in [0.5, 0.6) is 0 Å². The maximum atomic E-state index is 11.8. The van der Waals surface area contributed by atoms with Crippen LogP contribution in [0, 0.1) is 12.8 Å². The molecule has 1 rings (SSSR count). The van der Waals surface area contributed by atoms with Crippen molar-refractivity contribution in [2.45, 2.75) is 51.7 Å². The van der Waals surface area contributed by atoms with E-state index in [1.165, 1.54) is 11.8 Å². The number of hydrogen-bond acceptors (Lipinski definition) is 5. The Bertz CT molecular complexity index is 431. The number of nitrogens with two attached hydrogens (primary N) is 1. The van der Waals surface area contributed by atoms with Crippen LogP contribution in [0.15, 0.2) is 11.2 Å². The lowest BCUT2D eigenvalue weighted by Crippen LogP contribution is -2.34. The number of anilines is 1. The van der Waals surface area contributed by atoms with E-state index < -0.39 is 0 Å². The minimum absolute atomic E-state index is 0.00920. The van der Waals surface area contributed by atoms with Gasteiger partial charge in [-0.25, -0.2) is 9.97 Å². The molecule has 1 unspecified atom stereocenters. The van der Waals surface area contributed by atoms with Crippen molar-refractivity contribution in [3.8, 4) is 0 Å². The Balaban J connectivity index is 2.35. The average Bonchev–Trinajstić information content (AvgIpc) is 2.33. The molecule has 0 aliphatic heterocycles. The van der Waals surface area contributed by atoms with Crippen molar-refractivity contribution >= 4 is 23.5 Å². The molecule has 1 aromatic heterocycles. The third-order valence-corrected chi connectivity index (χ3v) is 3.62. The van der Waals surface area contributed by atoms with Gasteiger partial charge in [-0.15, -0.1) is 0 Å². The molecule has 1 heterocycles. The second-order valence-corrected chi connectivity index (χ2v) is 6.39. The van der Waals surface area contributed by atoms with Crippen molar-refractivity contribution in [3.63, 3.8) is 0 Å². The zero-order valence-electron chi connectivity index (χ0n) is 12.6. The van der Waals surface area contributed by atoms with Crippen molar-refractivity contribution < 1.29 is 4.79 Å². The summed E-state index contributed by atoms with van der Waals surface area (Å²) in [5.41, 5.74) is 6.46. The Morgan fingerprint density at radius 2 is 2.05 bits per heavy atom. The van der Waals surface area contributed by atoms with Crippen molar-refractivity contribution in [1.82, 2.24) is 15.3 Å². The first kappa shape index (κ1) is 16.8. The zero-order chi connectivity index (χ0) is 15.1. The van der Waals surface area contributed by atoms with Crippen LogP contribution in [0.2, 0.25) is 0 Å². The van der Waals surface area contributed by atoms with Crippen LogP contribution in [0.4, 0.5) is 5.82 Å². The van der Waals surface area contributed by atoms with Crippen molar-refractivity contribution in [2.24, 2.45) is 5.92 Å². The number of amides is 1. The van der Waals surface area contributed by atoms with Crippen LogP contribution < -0.4 is 11.1 Å². The summed E-state index contributed by atoms with van der Waals surface area (Å²) in [5.74, 6) is 1.42. The number of nitrogens with one attached hydrogen (secondary N) is 1. The molecule has 0 fully saturated rings. The number of carbonyl (C=O) groups is 1. The normalized spacial score (nSPS) is 12.4. The monoisotopic (exact) mass is 296 g/mol. The number of carbonyl (C=O) groups excluding carboxylic acids is 1. The first-order chi connectivity index (χ1) is 9.36. The highest BCUT2D eigenvalue weighted by atomic mass is 32.2. The van der Waals surface area contributed by atoms with Gasteiger partial charge in [-0.05, 0) is 32.6 Å². The summed E-state index contributed by atoms with van der Waals surface area (Å²) in [7, 11) is 0. The third kappa shape index (κ3) is 6.75. The highest BCUT2D eigenvalue weighted by Crippen LogP contribution is 2.15. The van der Waals surface area contributed by atoms with E-state index in [0.29, 0.717) is 22.6 Å². The van der Waals surface area contributed by atoms with Crippen molar-refractivity contribution in [2.75, 3.05) is 11.5 Å². The van der Waals surface area contributed by atoms with E-state index in [0.717, 1.165) is 18.5 Å². The molecular formula is C14H24N4OS. The zero-order valence-corrected chi connectivity index (χ0v) is 13.5. The molecule has 0 radical (unpaired) electrons. The number of nitrogen functional groups attached to an aromatic ring is 1. The molecule has 6 heteroatoms. The van der Waals surface area contributed by atoms with E-state index in [2.05, 4.69) is 29.1 Å². The maximum absolute atomic E-state index is 11.8. The molecule has 0 saturated heterocycles. The van der Waals surface area contributed by atoms with Gasteiger partial charge in [-0.1, -0.05) is 25.6 Å². The summed E-state index contributed by atoms with van der Waals surface area (Å²) >= 11 is 1.31. The quantitative estimate of drug-likeness (QED) is 0.596. The van der Waals surface area contributed by atoms with E-state index in [1.54, 1.807) is 6.07 Å². The largest absolute Gasteiger partial charge is 0.384 e. The molecule has 0 saturated carbocycles. The molecule has 0 spiro atoms. The highest BCUT2D eigenvalue weighted by molar-refractivity contribution is 7.99. The van der Waals surface area contributed by atoms with Gasteiger partial charge in [0.05, 0.1) is 5.75 Å². The van der Waals surface area contributed by atoms with E-state index in [9.17, 15) is 4.79 Å². The molecule has 1 atom stereocenters. The van der Waals surface area contributed by atoms with Gasteiger partial charge >= 0.3 is 0 Å². The highest BCUT2D eigenvalue weighted by Gasteiger charge is 2.10. The van der Waals surface area contributed by atoms with Gasteiger partial charge in [-0.3, -0.25) is 4.79 Å². The molecule has 20 heavy (non-hydrogen) atoms. The number of hydrogen-bond donors (Lipinski definition) is 2. The van der Waals surface area contributed by atoms with Crippen LogP contribution in [0.1, 0.15) is 39.3 Å². The minimum Gasteiger partial charge on any atom is -0.384 e. The Hall–Kier alpha value is -1.30. The van der Waals surface area contributed by atoms with E-state index >= 15 is 0 Å². The first-order valence-electron chi connectivity index (χ1n) is 6.90. The number of nitrogens with zero attached hydrogens (tertiary/aromatic N) is 2. The predicted molar refractivity (Wildman–Crippen MR) is 83.6 cm³/mol. The van der Waals surface area contributed by atoms with Gasteiger partial charge in [0.15, 0.2) is 5.16 Å². The second kappa shape index (κ2) is 8.09. The van der Waals surface area contributed by atoms with Gasteiger partial charge in [-0.2, -0.15) is 0 Å². The van der Waals surface area contributed by atoms with Crippen LogP contribution in [-0.2, 0) is 4.79 Å². The molecule has 0 bridgehead atoms. The summed E-state index contributed by atoms with van der Waals surface area (Å²) in [4.78, 5) is 20.2. The molecule has 0 aliphatic rings. The number of rotatable bonds is 7. The summed E-state index contributed by atoms with van der Waals surface area (Å²) in [5, 5.41) is 3.54. The van der Waals surface area contributed by atoms with Gasteiger partial charge < -0.3 is 11.1 Å². The standard InChI is InChI=1S/C14H24N4OS/c1-9(2)5-6-10(3)16-13(19)8-20-14-17-11(4)7-12(15)18-14/h7,9-10H,5-6,8H2,1-4H3,(H,16,19)(H2,15,17,18). The van der Waals surface area contributed by atoms with Gasteiger partial charge in [0, 0.05) is 17.8 Å². The lowest BCUT2D eigenvalue weighted by Gasteiger charge is -2.14. The summed E-state index contributed by atoms with van der Waals surface area (Å²) in [6.07, 6.45) is 2.12. The number of aryl methyl sites for hydroxylation is 1. The number of thioether (sulfide) groups is 1. The van der Waals surface area contributed by atoms with Gasteiger partial charge in [0.25, 0.3) is 0 Å². The summed E-state index contributed by atoms with van der Waals surface area (Å²) in [6.45, 7) is 8.26. The van der Waals surface area contributed by atoms with Crippen LogP contribution in [-0.4, -0.2) is 27.7 Å². The Labute approximate surface area is 125 Å². The topological polar surface area (TPSA) is 80.9 Å². The summed E-state index contributed by atoms with van der Waals surface area (Å²) < 4.78 is 0. The van der Waals surface area contributed by atoms with Gasteiger partial charge in [0.2, 0.25) is 5.91 Å². The molecule has 1 amide bonds. The number of aromatic nitrogens is 2. The Morgan fingerprint density at radius 3 is 2.65 bits per heavy atom. The Kier molecular flexibility index (Phi) is 6.78. The molecule has 3 N–H and O–H groups in total. The second-order valence-electron chi connectivity index (χ2n) is 5.45. The fourth-order valence-corrected chi connectivity index (χ4v) is 2.45. The van der Waals surface area contributed by atoms with Crippen molar-refractivity contribution in [3.05, 3.63) is 11.8 Å². The molecule has 0 aromatic carbocycles. The van der Waals surface area contributed by atoms with Crippen LogP contribution >= 0.6 is 11.8 Å². The Morgan fingerprint density at radius 1 is 1.35 bits per heavy atom. The fourth-order valence-electron chi connectivity index (χ4n) is 1.73. The van der Waals surface area contributed by atoms with E-state index in [4.69, 9.17) is 5.73 Å². The lowest BCUT2D eigenvalue weighted by atomic mass is 10.0. The van der Waals surface area contributed by atoms with Crippen LogP contribution in [0.25, 0.3) is 0 Å². The van der Waals surface area contributed by atoms with E-state index in [-0.39, 0.29) is 11.9 Å². The smallest absolute Gasteiger partial charge is 0.230 e. The maximum Gasteiger partial charge on any atom is 0.230 e. The van der Waals surface area contributed by atoms with Gasteiger partial charge in [0.1, 0.15) is 5.82 Å². The van der Waals surface area contributed by atoms with Crippen molar-refractivity contribution in [1.29, 1.82) is 0 Å². The van der Waals surface area contributed by atoms with Crippen LogP contribution in [0.3, 0.4) is 0 Å². The fraction of sp³-hybridized carbons (Fsp3) is 0.643. The lowest BCUT2D eigenvalue weighted by molar-refractivity contribution is -0.119. The predicted octanol–water partition coefficient (Wildman–Crippen LogP) is 2.40. The molecule has 5 nitrogen and oxygen atoms in total. The van der Waals surface area contributed by atoms with E-state index in [1.807, 2.05) is 13.8 Å². The molecular weight excluding hydrogens is 272 g/mol. The molecule has 0 aliphatic carbocycles. The average molecular weight is 296 g/mol. The molecule has 112 valence electrons.